The van der Waals surface area contributed by atoms with Gasteiger partial charge in [0.1, 0.15) is 0 Å². The van der Waals surface area contributed by atoms with E-state index in [2.05, 4.69) is 87.5 Å². The van der Waals surface area contributed by atoms with Crippen LogP contribution in [0.1, 0.15) is 30.5 Å². The van der Waals surface area contributed by atoms with Gasteiger partial charge in [0.2, 0.25) is 0 Å². The van der Waals surface area contributed by atoms with Crippen LogP contribution in [0.4, 0.5) is 0 Å². The van der Waals surface area contributed by atoms with Crippen LogP contribution >= 0.6 is 0 Å². The number of hydrogen-bond acceptors (Lipinski definition) is 0. The van der Waals surface area contributed by atoms with Crippen LogP contribution < -0.4 is 0 Å². The van der Waals surface area contributed by atoms with Crippen molar-refractivity contribution in [3.63, 3.8) is 0 Å². The van der Waals surface area contributed by atoms with Gasteiger partial charge in [0, 0.05) is 5.41 Å². The highest BCUT2D eigenvalue weighted by atomic mass is 14.4. The molecule has 0 nitrogen and oxygen atoms in total. The van der Waals surface area contributed by atoms with Crippen LogP contribution in [0.15, 0.2) is 66.7 Å². The Kier molecular flexibility index (Phi) is 2.77. The monoisotopic (exact) mass is 284 g/mol. The topological polar surface area (TPSA) is 0 Å². The molecule has 0 aliphatic heterocycles. The zero-order valence-electron chi connectivity index (χ0n) is 13.4. The van der Waals surface area contributed by atoms with Gasteiger partial charge >= 0.3 is 0 Å². The van der Waals surface area contributed by atoms with E-state index < -0.39 is 0 Å². The van der Waals surface area contributed by atoms with Crippen LogP contribution in [0.5, 0.6) is 0 Å². The highest BCUT2D eigenvalue weighted by Crippen LogP contribution is 2.52. The van der Waals surface area contributed by atoms with Crippen molar-refractivity contribution < 1.29 is 0 Å². The van der Waals surface area contributed by atoms with Crippen LogP contribution in [0.25, 0.3) is 22.3 Å². The van der Waals surface area contributed by atoms with E-state index in [1.165, 1.54) is 38.9 Å². The van der Waals surface area contributed by atoms with E-state index >= 15 is 0 Å². The molecule has 0 fully saturated rings. The van der Waals surface area contributed by atoms with Crippen LogP contribution in [0.3, 0.4) is 0 Å². The van der Waals surface area contributed by atoms with Crippen molar-refractivity contribution in [2.45, 2.75) is 26.2 Å². The fraction of sp³-hybridized carbons (Fsp3) is 0.182. The van der Waals surface area contributed by atoms with Gasteiger partial charge in [-0.1, -0.05) is 86.1 Å². The molecule has 3 aromatic carbocycles. The number of aryl methyl sites for hydroxylation is 1. The maximum Gasteiger partial charge on any atom is 0.0159 e. The Labute approximate surface area is 132 Å². The van der Waals surface area contributed by atoms with Gasteiger partial charge in [0.15, 0.2) is 0 Å². The molecule has 0 bridgehead atoms. The summed E-state index contributed by atoms with van der Waals surface area (Å²) in [4.78, 5) is 0. The molecular formula is C22H20. The summed E-state index contributed by atoms with van der Waals surface area (Å²) in [6.07, 6.45) is 0. The summed E-state index contributed by atoms with van der Waals surface area (Å²) in [5.74, 6) is 0. The van der Waals surface area contributed by atoms with E-state index in [1.807, 2.05) is 0 Å². The van der Waals surface area contributed by atoms with E-state index in [9.17, 15) is 0 Å². The lowest BCUT2D eigenvalue weighted by atomic mass is 9.81. The Morgan fingerprint density at radius 2 is 1.36 bits per heavy atom. The van der Waals surface area contributed by atoms with Crippen molar-refractivity contribution in [1.82, 2.24) is 0 Å². The first kappa shape index (κ1) is 13.3. The molecule has 0 N–H and O–H groups in total. The first-order valence-electron chi connectivity index (χ1n) is 7.89. The summed E-state index contributed by atoms with van der Waals surface area (Å²) in [6, 6.07) is 24.3. The summed E-state index contributed by atoms with van der Waals surface area (Å²) in [6.45, 7) is 6.88. The predicted molar refractivity (Wildman–Crippen MR) is 94.2 cm³/mol. The Balaban J connectivity index is 2.11. The molecule has 0 saturated carbocycles. The molecule has 108 valence electrons. The van der Waals surface area contributed by atoms with E-state index in [1.54, 1.807) is 0 Å². The first-order chi connectivity index (χ1) is 10.6. The van der Waals surface area contributed by atoms with E-state index in [4.69, 9.17) is 0 Å². The number of hydrogen-bond donors (Lipinski definition) is 0. The molecule has 0 heterocycles. The second-order valence-corrected chi connectivity index (χ2v) is 6.77. The Bertz CT molecular complexity index is 854. The van der Waals surface area contributed by atoms with Gasteiger partial charge in [-0.05, 0) is 40.3 Å². The van der Waals surface area contributed by atoms with E-state index in [0.29, 0.717) is 0 Å². The molecule has 0 heteroatoms. The SMILES string of the molecule is Cc1cc(-c2ccccc2)c2c(c1)C(C)(C)c1ccccc1-2. The Morgan fingerprint density at radius 1 is 0.682 bits per heavy atom. The van der Waals surface area contributed by atoms with Crippen molar-refractivity contribution in [2.24, 2.45) is 0 Å². The lowest BCUT2D eigenvalue weighted by Gasteiger charge is -2.22. The molecule has 1 aliphatic carbocycles. The lowest BCUT2D eigenvalue weighted by Crippen LogP contribution is -2.15. The van der Waals surface area contributed by atoms with E-state index in [0.717, 1.165) is 0 Å². The molecule has 3 aromatic rings. The first-order valence-corrected chi connectivity index (χ1v) is 7.89. The second-order valence-electron chi connectivity index (χ2n) is 6.77. The number of fused-ring (bicyclic) bond motifs is 3. The largest absolute Gasteiger partial charge is 0.0622 e. The van der Waals surface area contributed by atoms with Crippen molar-refractivity contribution in [3.05, 3.63) is 83.4 Å². The summed E-state index contributed by atoms with van der Waals surface area (Å²) >= 11 is 0. The minimum Gasteiger partial charge on any atom is -0.0622 e. The predicted octanol–water partition coefficient (Wildman–Crippen LogP) is 5.97. The second kappa shape index (κ2) is 4.58. The smallest absolute Gasteiger partial charge is 0.0159 e. The van der Waals surface area contributed by atoms with Crippen molar-refractivity contribution in [3.8, 4) is 22.3 Å². The third-order valence-electron chi connectivity index (χ3n) is 4.91. The van der Waals surface area contributed by atoms with Crippen molar-refractivity contribution in [1.29, 1.82) is 0 Å². The molecule has 1 aliphatic rings. The van der Waals surface area contributed by atoms with Gasteiger partial charge < -0.3 is 0 Å². The van der Waals surface area contributed by atoms with Crippen LogP contribution in [0, 0.1) is 6.92 Å². The summed E-state index contributed by atoms with van der Waals surface area (Å²) in [7, 11) is 0. The average molecular weight is 284 g/mol. The van der Waals surface area contributed by atoms with Crippen LogP contribution in [0.2, 0.25) is 0 Å². The van der Waals surface area contributed by atoms with Gasteiger partial charge in [0.25, 0.3) is 0 Å². The van der Waals surface area contributed by atoms with Crippen molar-refractivity contribution in [2.75, 3.05) is 0 Å². The molecule has 0 spiro atoms. The minimum atomic E-state index is 0.0709. The minimum absolute atomic E-state index is 0.0709. The molecular weight excluding hydrogens is 264 g/mol. The van der Waals surface area contributed by atoms with Crippen LogP contribution in [-0.2, 0) is 5.41 Å². The molecule has 22 heavy (non-hydrogen) atoms. The molecule has 4 rings (SSSR count). The number of rotatable bonds is 1. The molecule has 0 saturated heterocycles. The Morgan fingerprint density at radius 3 is 2.14 bits per heavy atom. The van der Waals surface area contributed by atoms with Gasteiger partial charge in [-0.2, -0.15) is 0 Å². The van der Waals surface area contributed by atoms with Gasteiger partial charge in [0.05, 0.1) is 0 Å². The zero-order chi connectivity index (χ0) is 15.3. The molecule has 0 unspecified atom stereocenters. The lowest BCUT2D eigenvalue weighted by molar-refractivity contribution is 0.660. The molecule has 0 amide bonds. The summed E-state index contributed by atoms with van der Waals surface area (Å²) < 4.78 is 0. The van der Waals surface area contributed by atoms with Gasteiger partial charge in [-0.15, -0.1) is 0 Å². The van der Waals surface area contributed by atoms with Gasteiger partial charge in [-0.25, -0.2) is 0 Å². The highest BCUT2D eigenvalue weighted by molar-refractivity contribution is 5.92. The summed E-state index contributed by atoms with van der Waals surface area (Å²) in [5, 5.41) is 0. The summed E-state index contributed by atoms with van der Waals surface area (Å²) in [5.41, 5.74) is 9.75. The Hall–Kier alpha value is -2.34. The fourth-order valence-corrected chi connectivity index (χ4v) is 3.81. The third-order valence-corrected chi connectivity index (χ3v) is 4.91. The molecule has 0 radical (unpaired) electrons. The van der Waals surface area contributed by atoms with Crippen molar-refractivity contribution >= 4 is 0 Å². The highest BCUT2D eigenvalue weighted by Gasteiger charge is 2.36. The maximum absolute atomic E-state index is 2.36. The third kappa shape index (κ3) is 1.77. The fourth-order valence-electron chi connectivity index (χ4n) is 3.81. The standard InChI is InChI=1S/C22H20/c1-15-13-18(16-9-5-4-6-10-16)21-17-11-7-8-12-19(17)22(2,3)20(21)14-15/h4-14H,1-3H3. The normalized spacial score (nSPS) is 14.5. The molecule has 0 aromatic heterocycles. The molecule has 0 atom stereocenters. The van der Waals surface area contributed by atoms with Gasteiger partial charge in [-0.3, -0.25) is 0 Å². The maximum atomic E-state index is 2.36. The quantitative estimate of drug-likeness (QED) is 0.516. The zero-order valence-corrected chi connectivity index (χ0v) is 13.4. The average Bonchev–Trinajstić information content (AvgIpc) is 2.76. The van der Waals surface area contributed by atoms with E-state index in [-0.39, 0.29) is 5.41 Å². The van der Waals surface area contributed by atoms with Crippen LogP contribution in [-0.4, -0.2) is 0 Å². The number of benzene rings is 3.